The summed E-state index contributed by atoms with van der Waals surface area (Å²) >= 11 is 0. The minimum absolute atomic E-state index is 0.199. The number of alkyl halides is 3. The molecule has 0 unspecified atom stereocenters. The van der Waals surface area contributed by atoms with E-state index in [1.807, 2.05) is 4.90 Å². The second-order valence-electron chi connectivity index (χ2n) is 5.32. The summed E-state index contributed by atoms with van der Waals surface area (Å²) in [5.74, 6) is 0.783. The normalized spacial score (nSPS) is 14.3. The second kappa shape index (κ2) is 5.50. The van der Waals surface area contributed by atoms with Crippen LogP contribution >= 0.6 is 0 Å². The van der Waals surface area contributed by atoms with E-state index >= 15 is 0 Å². The molecule has 0 atom stereocenters. The summed E-state index contributed by atoms with van der Waals surface area (Å²) in [6.45, 7) is 9.62. The van der Waals surface area contributed by atoms with Gasteiger partial charge in [0.25, 0.3) is 5.82 Å². The van der Waals surface area contributed by atoms with Crippen LogP contribution in [0.2, 0.25) is 0 Å². The number of aromatic nitrogens is 3. The number of hydrogen-bond acceptors (Lipinski definition) is 4. The first-order valence-corrected chi connectivity index (χ1v) is 6.90. The quantitative estimate of drug-likeness (QED) is 0.757. The second-order valence-corrected chi connectivity index (χ2v) is 5.32. The Morgan fingerprint density at radius 3 is 2.70 bits per heavy atom. The fourth-order valence-electron chi connectivity index (χ4n) is 2.59. The highest BCUT2D eigenvalue weighted by atomic mass is 19.4. The van der Waals surface area contributed by atoms with E-state index in [0.717, 1.165) is 17.8 Å². The SMILES string of the molecule is [C-]#[N+]c1cc(C)c(N2CCc3ncc(C(F)(F)F)cc3C2)nn1. The van der Waals surface area contributed by atoms with Crippen LogP contribution in [0.15, 0.2) is 18.3 Å². The summed E-state index contributed by atoms with van der Waals surface area (Å²) in [7, 11) is 0. The van der Waals surface area contributed by atoms with Gasteiger partial charge in [0.15, 0.2) is 5.82 Å². The molecule has 0 radical (unpaired) electrons. The van der Waals surface area contributed by atoms with E-state index < -0.39 is 11.7 Å². The van der Waals surface area contributed by atoms with Gasteiger partial charge in [0.1, 0.15) is 0 Å². The van der Waals surface area contributed by atoms with Crippen LogP contribution in [0.3, 0.4) is 0 Å². The molecule has 8 heteroatoms. The molecule has 1 aliphatic rings. The molecule has 0 saturated carbocycles. The van der Waals surface area contributed by atoms with Crippen molar-refractivity contribution in [2.75, 3.05) is 11.4 Å². The lowest BCUT2D eigenvalue weighted by Gasteiger charge is -2.29. The van der Waals surface area contributed by atoms with Crippen molar-refractivity contribution in [3.05, 3.63) is 52.1 Å². The van der Waals surface area contributed by atoms with E-state index in [9.17, 15) is 13.2 Å². The standard InChI is InChI=1S/C15H12F3N5/c1-9-5-13(19-2)21-22-14(9)23-4-3-12-10(8-23)6-11(7-20-12)15(16,17)18/h5-7H,3-4,8H2,1H3. The van der Waals surface area contributed by atoms with Gasteiger partial charge in [0.2, 0.25) is 0 Å². The summed E-state index contributed by atoms with van der Waals surface area (Å²) in [5, 5.41) is 7.84. The molecule has 5 nitrogen and oxygen atoms in total. The third kappa shape index (κ3) is 2.95. The number of aryl methyl sites for hydroxylation is 1. The lowest BCUT2D eigenvalue weighted by molar-refractivity contribution is -0.137. The van der Waals surface area contributed by atoms with Gasteiger partial charge >= 0.3 is 6.18 Å². The van der Waals surface area contributed by atoms with E-state index in [4.69, 9.17) is 6.57 Å². The fourth-order valence-corrected chi connectivity index (χ4v) is 2.59. The molecule has 3 rings (SSSR count). The summed E-state index contributed by atoms with van der Waals surface area (Å²) in [6, 6.07) is 2.76. The van der Waals surface area contributed by atoms with Gasteiger partial charge < -0.3 is 9.74 Å². The van der Waals surface area contributed by atoms with Crippen molar-refractivity contribution in [3.8, 4) is 0 Å². The summed E-state index contributed by atoms with van der Waals surface area (Å²) in [5.41, 5.74) is 1.25. The van der Waals surface area contributed by atoms with Gasteiger partial charge in [-0.2, -0.15) is 13.2 Å². The smallest absolute Gasteiger partial charge is 0.359 e. The molecule has 0 N–H and O–H groups in total. The topological polar surface area (TPSA) is 46.3 Å². The van der Waals surface area contributed by atoms with Gasteiger partial charge in [0, 0.05) is 31.4 Å². The van der Waals surface area contributed by atoms with Crippen LogP contribution in [0, 0.1) is 13.5 Å². The van der Waals surface area contributed by atoms with Crippen LogP contribution in [0.1, 0.15) is 22.4 Å². The highest BCUT2D eigenvalue weighted by Gasteiger charge is 2.32. The van der Waals surface area contributed by atoms with Gasteiger partial charge in [0.05, 0.1) is 5.56 Å². The average molecular weight is 319 g/mol. The minimum atomic E-state index is -4.41. The lowest BCUT2D eigenvalue weighted by Crippen LogP contribution is -2.32. The first-order chi connectivity index (χ1) is 10.9. The third-order valence-electron chi connectivity index (χ3n) is 3.73. The number of nitrogens with zero attached hydrogens (tertiary/aromatic N) is 5. The maximum atomic E-state index is 12.8. The highest BCUT2D eigenvalue weighted by Crippen LogP contribution is 2.32. The zero-order valence-corrected chi connectivity index (χ0v) is 12.2. The van der Waals surface area contributed by atoms with Crippen molar-refractivity contribution in [2.24, 2.45) is 0 Å². The van der Waals surface area contributed by atoms with Crippen LogP contribution in [0.4, 0.5) is 24.8 Å². The number of anilines is 1. The molecule has 0 aromatic carbocycles. The monoisotopic (exact) mass is 319 g/mol. The molecule has 1 aliphatic heterocycles. The minimum Gasteiger partial charge on any atom is -0.359 e. The molecule has 0 bridgehead atoms. The van der Waals surface area contributed by atoms with Crippen molar-refractivity contribution in [3.63, 3.8) is 0 Å². The molecule has 0 aliphatic carbocycles. The summed E-state index contributed by atoms with van der Waals surface area (Å²) in [4.78, 5) is 9.02. The molecule has 23 heavy (non-hydrogen) atoms. The maximum absolute atomic E-state index is 12.8. The van der Waals surface area contributed by atoms with E-state index in [0.29, 0.717) is 36.6 Å². The average Bonchev–Trinajstić information content (AvgIpc) is 2.52. The predicted octanol–water partition coefficient (Wildman–Crippen LogP) is 3.31. The molecule has 0 saturated heterocycles. The Morgan fingerprint density at radius 1 is 1.26 bits per heavy atom. The molecule has 0 fully saturated rings. The van der Waals surface area contributed by atoms with Crippen LogP contribution in [-0.2, 0) is 19.1 Å². The van der Waals surface area contributed by atoms with Gasteiger partial charge in [-0.25, -0.2) is 0 Å². The number of pyridine rings is 1. The van der Waals surface area contributed by atoms with E-state index in [-0.39, 0.29) is 5.82 Å². The Morgan fingerprint density at radius 2 is 2.04 bits per heavy atom. The molecule has 0 amide bonds. The first-order valence-electron chi connectivity index (χ1n) is 6.90. The summed E-state index contributed by atoms with van der Waals surface area (Å²) < 4.78 is 38.5. The maximum Gasteiger partial charge on any atom is 0.417 e. The third-order valence-corrected chi connectivity index (χ3v) is 3.73. The number of halogens is 3. The van der Waals surface area contributed by atoms with Gasteiger partial charge in [-0.05, 0) is 40.4 Å². The largest absolute Gasteiger partial charge is 0.417 e. The molecular formula is C15H12F3N5. The molecular weight excluding hydrogens is 307 g/mol. The van der Waals surface area contributed by atoms with Crippen LogP contribution < -0.4 is 4.90 Å². The number of rotatable bonds is 1. The lowest BCUT2D eigenvalue weighted by atomic mass is 10.0. The Kier molecular flexibility index (Phi) is 3.64. The van der Waals surface area contributed by atoms with Crippen molar-refractivity contribution < 1.29 is 13.2 Å². The van der Waals surface area contributed by atoms with E-state index in [2.05, 4.69) is 20.0 Å². The molecule has 118 valence electrons. The number of fused-ring (bicyclic) bond motifs is 1. The zero-order valence-electron chi connectivity index (χ0n) is 12.2. The molecule has 2 aromatic heterocycles. The Bertz CT molecular complexity index is 795. The molecule has 0 spiro atoms. The van der Waals surface area contributed by atoms with Crippen LogP contribution in [0.25, 0.3) is 4.85 Å². The number of hydrogen-bond donors (Lipinski definition) is 0. The predicted molar refractivity (Wildman–Crippen MR) is 77.0 cm³/mol. The molecule has 3 heterocycles. The van der Waals surface area contributed by atoms with Gasteiger partial charge in [-0.3, -0.25) is 4.98 Å². The summed E-state index contributed by atoms with van der Waals surface area (Å²) in [6.07, 6.45) is -2.99. The van der Waals surface area contributed by atoms with Crippen molar-refractivity contribution >= 4 is 11.6 Å². The van der Waals surface area contributed by atoms with E-state index in [1.165, 1.54) is 0 Å². The van der Waals surface area contributed by atoms with Crippen molar-refractivity contribution in [1.82, 2.24) is 15.2 Å². The van der Waals surface area contributed by atoms with Crippen LogP contribution in [-0.4, -0.2) is 21.7 Å². The fraction of sp³-hybridized carbons (Fsp3) is 0.333. The Labute approximate surface area is 130 Å². The molecule has 2 aromatic rings. The highest BCUT2D eigenvalue weighted by molar-refractivity contribution is 5.52. The van der Waals surface area contributed by atoms with Crippen molar-refractivity contribution in [2.45, 2.75) is 26.1 Å². The van der Waals surface area contributed by atoms with E-state index in [1.54, 1.807) is 13.0 Å². The first kappa shape index (κ1) is 15.2. The van der Waals surface area contributed by atoms with Gasteiger partial charge in [-0.1, -0.05) is 6.57 Å². The Balaban J connectivity index is 1.92. The Hall–Kier alpha value is -2.69. The van der Waals surface area contributed by atoms with Crippen LogP contribution in [0.5, 0.6) is 0 Å². The van der Waals surface area contributed by atoms with Gasteiger partial charge in [-0.15, -0.1) is 0 Å². The van der Waals surface area contributed by atoms with Crippen molar-refractivity contribution in [1.29, 1.82) is 0 Å². The zero-order chi connectivity index (χ0) is 16.6.